The molecule has 0 saturated carbocycles. The molecule has 8 nitrogen and oxygen atoms in total. The zero-order valence-corrected chi connectivity index (χ0v) is 15.3. The molecule has 0 fully saturated rings. The largest absolute Gasteiger partial charge is 0.543 e. The number of fused-ring (bicyclic) bond motifs is 4. The molecule has 0 radical (unpaired) electrons. The number of nitrogens with zero attached hydrogens (tertiary/aromatic N) is 2. The Hall–Kier alpha value is -3.52. The number of hydrogen-bond acceptors (Lipinski definition) is 6. The van der Waals surface area contributed by atoms with Crippen LogP contribution in [0.3, 0.4) is 0 Å². The second kappa shape index (κ2) is 8.45. The van der Waals surface area contributed by atoms with Gasteiger partial charge in [-0.3, -0.25) is 0 Å². The smallest absolute Gasteiger partial charge is 0.286 e. The van der Waals surface area contributed by atoms with Crippen LogP contribution in [0.2, 0.25) is 0 Å². The molecule has 146 valence electrons. The van der Waals surface area contributed by atoms with Crippen molar-refractivity contribution in [2.75, 3.05) is 29.9 Å². The molecule has 0 spiro atoms. The number of rotatable bonds is 4. The molecule has 1 heterocycles. The quantitative estimate of drug-likeness (QED) is 0.237. The number of nitrogens with one attached hydrogen (secondary N) is 1. The first-order valence-electron chi connectivity index (χ1n) is 8.85. The number of aromatic hydroxyl groups is 2. The number of aliphatic hydroxyl groups is 1. The Morgan fingerprint density at radius 2 is 1.86 bits per heavy atom. The number of benzene rings is 3. The maximum Gasteiger partial charge on any atom is 0.286 e. The number of likely N-dealkylation sites (N-methyl/N-ethyl adjacent to an activating group) is 1. The summed E-state index contributed by atoms with van der Waals surface area (Å²) in [4.78, 5) is 10.4. The van der Waals surface area contributed by atoms with Crippen LogP contribution in [-0.2, 0) is 0 Å². The molecule has 0 amide bonds. The van der Waals surface area contributed by atoms with Crippen molar-refractivity contribution >= 4 is 27.8 Å². The van der Waals surface area contributed by atoms with Gasteiger partial charge in [-0.25, -0.2) is 0 Å². The Labute approximate surface area is 161 Å². The van der Waals surface area contributed by atoms with Gasteiger partial charge in [-0.1, -0.05) is 24.3 Å². The summed E-state index contributed by atoms with van der Waals surface area (Å²) in [5.41, 5.74) is 3.17. The average Bonchev–Trinajstić information content (AvgIpc) is 2.69. The highest BCUT2D eigenvalue weighted by atomic mass is 16.9. The lowest BCUT2D eigenvalue weighted by molar-refractivity contribution is -0.402. The molecule has 1 aliphatic rings. The molecule has 0 bridgehead atoms. The molecule has 0 aliphatic carbocycles. The first kappa shape index (κ1) is 19.2. The summed E-state index contributed by atoms with van der Waals surface area (Å²) in [5.74, 6) is 1.90. The van der Waals surface area contributed by atoms with Crippen LogP contribution in [0, 0.1) is 15.3 Å². The first-order chi connectivity index (χ1) is 13.5. The van der Waals surface area contributed by atoms with Gasteiger partial charge in [-0.15, -0.1) is 0 Å². The normalized spacial score (nSPS) is 11.2. The van der Waals surface area contributed by atoms with E-state index in [0.717, 1.165) is 35.1 Å². The third kappa shape index (κ3) is 4.07. The van der Waals surface area contributed by atoms with E-state index in [2.05, 4.69) is 71.7 Å². The highest BCUT2D eigenvalue weighted by Crippen LogP contribution is 2.47. The summed E-state index contributed by atoms with van der Waals surface area (Å²) in [5, 5.41) is 29.9. The van der Waals surface area contributed by atoms with E-state index in [9.17, 15) is 5.11 Å². The molecule has 0 atom stereocenters. The van der Waals surface area contributed by atoms with Crippen LogP contribution in [0.1, 0.15) is 6.92 Å². The molecular weight excluding hydrogens is 362 g/mol. The van der Waals surface area contributed by atoms with Gasteiger partial charge in [0.25, 0.3) is 11.5 Å². The molecule has 0 aromatic heterocycles. The van der Waals surface area contributed by atoms with E-state index in [0.29, 0.717) is 6.54 Å². The minimum atomic E-state index is -1.75. The van der Waals surface area contributed by atoms with Gasteiger partial charge in [0.2, 0.25) is 0 Å². The summed E-state index contributed by atoms with van der Waals surface area (Å²) in [6, 6.07) is 18.7. The number of anilines is 3. The van der Waals surface area contributed by atoms with Crippen molar-refractivity contribution in [3.63, 3.8) is 0 Å². The minimum absolute atomic E-state index is 0.148. The highest BCUT2D eigenvalue weighted by Gasteiger charge is 2.24. The van der Waals surface area contributed by atoms with Crippen molar-refractivity contribution in [3.8, 4) is 11.5 Å². The van der Waals surface area contributed by atoms with Gasteiger partial charge in [0, 0.05) is 30.2 Å². The number of aliphatic hydroxyl groups excluding tert-OH is 1. The third-order valence-electron chi connectivity index (χ3n) is 4.51. The van der Waals surface area contributed by atoms with E-state index in [4.69, 9.17) is 20.1 Å². The molecule has 8 heteroatoms. The molecule has 0 saturated heterocycles. The van der Waals surface area contributed by atoms with Gasteiger partial charge >= 0.3 is 0 Å². The Morgan fingerprint density at radius 3 is 2.57 bits per heavy atom. The summed E-state index contributed by atoms with van der Waals surface area (Å²) in [6.07, 6.45) is 0. The standard InChI is InChI=1S/C20H20N2O2.NO3/c1-2-22(11-12-23)15-8-9-17-19(13-15)24-18-10-7-14-5-3-4-6-16(14)20(18)21-17;2-1(3)4/h3-10,13,21,23H,2,11-12H2,1H3;/q;-1/p+1. The van der Waals surface area contributed by atoms with Crippen LogP contribution in [0.15, 0.2) is 54.6 Å². The van der Waals surface area contributed by atoms with Crippen LogP contribution in [0.5, 0.6) is 11.5 Å². The van der Waals surface area contributed by atoms with Crippen molar-refractivity contribution in [1.82, 2.24) is 0 Å². The van der Waals surface area contributed by atoms with E-state index in [1.54, 1.807) is 0 Å². The number of hydrogen-bond donors (Lipinski definition) is 2. The predicted octanol–water partition coefficient (Wildman–Crippen LogP) is 4.13. The molecule has 1 aliphatic heterocycles. The average molecular weight is 383 g/mol. The molecule has 4 rings (SSSR count). The van der Waals surface area contributed by atoms with Gasteiger partial charge in [0.05, 0.1) is 17.8 Å². The Morgan fingerprint density at radius 1 is 1.11 bits per heavy atom. The van der Waals surface area contributed by atoms with Gasteiger partial charge in [0.1, 0.15) is 11.4 Å². The van der Waals surface area contributed by atoms with Gasteiger partial charge < -0.3 is 35.4 Å². The topological polar surface area (TPSA) is 115 Å². The lowest BCUT2D eigenvalue weighted by Crippen LogP contribution is -2.26. The van der Waals surface area contributed by atoms with Crippen molar-refractivity contribution < 1.29 is 14.9 Å². The zero-order valence-electron chi connectivity index (χ0n) is 15.3. The van der Waals surface area contributed by atoms with Crippen LogP contribution in [0.4, 0.5) is 17.1 Å². The fraction of sp³-hybridized carbons (Fsp3) is 0.200. The minimum Gasteiger partial charge on any atom is -0.543 e. The molecule has 3 aromatic rings. The van der Waals surface area contributed by atoms with Crippen LogP contribution in [0.25, 0.3) is 10.8 Å². The summed E-state index contributed by atoms with van der Waals surface area (Å²) < 4.78 is 4.84. The van der Waals surface area contributed by atoms with Crippen LogP contribution in [-0.4, -0.2) is 34.6 Å². The SMILES string of the molecule is CCN(CCO)c1ccc2c(c1)[OH+]c1ccc3ccccc3c1N2.O=[N+]([O-])[O-]. The summed E-state index contributed by atoms with van der Waals surface area (Å²) in [7, 11) is 0. The third-order valence-corrected chi connectivity index (χ3v) is 4.51. The maximum atomic E-state index is 9.22. The van der Waals surface area contributed by atoms with Crippen molar-refractivity contribution in [1.29, 1.82) is 0 Å². The fourth-order valence-corrected chi connectivity index (χ4v) is 3.25. The van der Waals surface area contributed by atoms with Crippen molar-refractivity contribution in [2.45, 2.75) is 6.92 Å². The first-order valence-corrected chi connectivity index (χ1v) is 8.85. The lowest BCUT2D eigenvalue weighted by atomic mass is 10.1. The second-order valence-electron chi connectivity index (χ2n) is 6.15. The van der Waals surface area contributed by atoms with E-state index < -0.39 is 5.09 Å². The van der Waals surface area contributed by atoms with Gasteiger partial charge in [0.15, 0.2) is 0 Å². The van der Waals surface area contributed by atoms with E-state index in [-0.39, 0.29) is 6.61 Å². The fourth-order valence-electron chi connectivity index (χ4n) is 3.25. The summed E-state index contributed by atoms with van der Waals surface area (Å²) in [6.45, 7) is 3.72. The summed E-state index contributed by atoms with van der Waals surface area (Å²) >= 11 is 0. The van der Waals surface area contributed by atoms with Gasteiger partial charge in [-0.05, 0) is 30.5 Å². The monoisotopic (exact) mass is 383 g/mol. The molecular formula is C20H21N3O5. The lowest BCUT2D eigenvalue weighted by Gasteiger charge is -2.25. The van der Waals surface area contributed by atoms with Gasteiger partial charge in [-0.2, -0.15) is 0 Å². The molecule has 28 heavy (non-hydrogen) atoms. The Bertz CT molecular complexity index is 989. The van der Waals surface area contributed by atoms with E-state index >= 15 is 0 Å². The van der Waals surface area contributed by atoms with Crippen molar-refractivity contribution in [2.24, 2.45) is 0 Å². The van der Waals surface area contributed by atoms with Crippen LogP contribution >= 0.6 is 0 Å². The highest BCUT2D eigenvalue weighted by molar-refractivity contribution is 6.00. The van der Waals surface area contributed by atoms with E-state index in [1.165, 1.54) is 10.8 Å². The maximum absolute atomic E-state index is 9.22. The zero-order chi connectivity index (χ0) is 20.1. The molecule has 3 aromatic carbocycles. The number of ether oxygens (including phenoxy) is 1. The van der Waals surface area contributed by atoms with Crippen LogP contribution < -0.4 is 10.2 Å². The van der Waals surface area contributed by atoms with E-state index in [1.807, 2.05) is 0 Å². The predicted molar refractivity (Wildman–Crippen MR) is 110 cm³/mol. The second-order valence-corrected chi connectivity index (χ2v) is 6.15. The Balaban J connectivity index is 0.000000516. The molecule has 0 unspecified atom stereocenters. The van der Waals surface area contributed by atoms with Crippen molar-refractivity contribution in [3.05, 3.63) is 69.9 Å². The Kier molecular flexibility index (Phi) is 5.81. The molecule has 3 N–H and O–H groups in total.